The Morgan fingerprint density at radius 2 is 0.667 bits per heavy atom. The van der Waals surface area contributed by atoms with Gasteiger partial charge in [-0.15, -0.1) is 0 Å². The third-order valence-corrected chi connectivity index (χ3v) is 0. The molecule has 0 heterocycles. The van der Waals surface area contributed by atoms with Crippen LogP contribution in [0, 0.1) is 7.43 Å². The topological polar surface area (TPSA) is 172 Å². The molecule has 12 heavy (non-hydrogen) atoms. The van der Waals surface area contributed by atoms with Gasteiger partial charge in [0.05, 0.1) is 0 Å². The Balaban J connectivity index is -0.0000000457. The first-order valence-electron chi connectivity index (χ1n) is 1.46. The minimum absolute atomic E-state index is 0. The molecule has 0 aliphatic rings. The van der Waals surface area contributed by atoms with E-state index in [1.165, 1.54) is 0 Å². The van der Waals surface area contributed by atoms with Crippen molar-refractivity contribution >= 4 is 15.6 Å². The van der Waals surface area contributed by atoms with Gasteiger partial charge in [-0.1, -0.05) is 0 Å². The second kappa shape index (κ2) is 8.34. The van der Waals surface area contributed by atoms with Crippen molar-refractivity contribution in [1.29, 1.82) is 0 Å². The van der Waals surface area contributed by atoms with Crippen molar-refractivity contribution in [2.75, 3.05) is 0 Å². The third kappa shape index (κ3) is 1860. The van der Waals surface area contributed by atoms with Crippen molar-refractivity contribution in [3.05, 3.63) is 7.43 Å². The number of phosphoric acid groups is 2. The van der Waals surface area contributed by atoms with E-state index in [1.807, 2.05) is 0 Å². The summed E-state index contributed by atoms with van der Waals surface area (Å²) in [7, 11) is -10.8. The van der Waals surface area contributed by atoms with E-state index in [-0.39, 0.29) is 24.5 Å². The van der Waals surface area contributed by atoms with Crippen LogP contribution in [0.1, 0.15) is 0 Å². The number of hydrogen-bond donors (Lipinski definition) is 0. The van der Waals surface area contributed by atoms with Gasteiger partial charge < -0.3 is 38.5 Å². The van der Waals surface area contributed by atoms with Gasteiger partial charge in [0, 0.05) is 0 Å². The van der Waals surface area contributed by atoms with Crippen molar-refractivity contribution in [3.8, 4) is 0 Å². The van der Waals surface area contributed by atoms with E-state index in [9.17, 15) is 0 Å². The van der Waals surface area contributed by atoms with Crippen LogP contribution in [0.5, 0.6) is 0 Å². The molecule has 0 bridgehead atoms. The molecule has 8 nitrogen and oxygen atoms in total. The molecule has 0 aromatic rings. The molecular weight excluding hydrogens is 265 g/mol. The zero-order chi connectivity index (χ0) is 9.00. The van der Waals surface area contributed by atoms with Gasteiger partial charge in [0.2, 0.25) is 0 Å². The molecule has 0 aliphatic heterocycles. The predicted molar refractivity (Wildman–Crippen MR) is 18.5 cm³/mol. The molecule has 0 fully saturated rings. The molecule has 0 saturated carbocycles. The standard InChI is InChI=1S/C.Cu.2H3O4P/c;;2*1-5(2,3)4/h;;2*(H3,1,2,3,4)/q+4;+2;;/p-6. The van der Waals surface area contributed by atoms with Crippen LogP contribution in [0.15, 0.2) is 0 Å². The maximum Gasteiger partial charge on any atom is 4.00 e. The summed E-state index contributed by atoms with van der Waals surface area (Å²) in [5, 5.41) is 0. The van der Waals surface area contributed by atoms with Crippen LogP contribution in [0.25, 0.3) is 0 Å². The summed E-state index contributed by atoms with van der Waals surface area (Å²) in [6, 6.07) is 0. The molecule has 0 spiro atoms. The van der Waals surface area contributed by atoms with Crippen molar-refractivity contribution in [2.24, 2.45) is 0 Å². The summed E-state index contributed by atoms with van der Waals surface area (Å²) in [6.45, 7) is 0. The minimum Gasteiger partial charge on any atom is -0.822 e. The van der Waals surface area contributed by atoms with Gasteiger partial charge in [0.1, 0.15) is 0 Å². The molecular formula is CCuO8P2. The molecule has 0 aromatic heterocycles. The Labute approximate surface area is 79.2 Å². The number of rotatable bonds is 0. The second-order valence-corrected chi connectivity index (χ2v) is 2.68. The summed E-state index contributed by atoms with van der Waals surface area (Å²) in [4.78, 5) is 51.3. The van der Waals surface area contributed by atoms with Crippen LogP contribution in [0.3, 0.4) is 0 Å². The fraction of sp³-hybridized carbons (Fsp3) is 0. The van der Waals surface area contributed by atoms with Gasteiger partial charge in [-0.05, 0) is 0 Å². The van der Waals surface area contributed by atoms with Gasteiger partial charge in [0.15, 0.2) is 0 Å². The van der Waals surface area contributed by atoms with E-state index in [2.05, 4.69) is 0 Å². The molecule has 0 aromatic carbocycles. The van der Waals surface area contributed by atoms with Gasteiger partial charge in [-0.3, -0.25) is 0 Å². The van der Waals surface area contributed by atoms with Gasteiger partial charge in [0.25, 0.3) is 0 Å². The van der Waals surface area contributed by atoms with E-state index in [4.69, 9.17) is 38.5 Å². The Kier molecular flexibility index (Phi) is 16.0. The predicted octanol–water partition coefficient (Wildman–Crippen LogP) is -5.57. The molecule has 1 radical (unpaired) electrons. The van der Waals surface area contributed by atoms with E-state index >= 15 is 0 Å². The zero-order valence-corrected chi connectivity index (χ0v) is 7.69. The van der Waals surface area contributed by atoms with Crippen LogP contribution in [-0.4, -0.2) is 0 Å². The molecule has 73 valence electrons. The van der Waals surface area contributed by atoms with Crippen molar-refractivity contribution < 1.29 is 55.6 Å². The average Bonchev–Trinajstić information content (AvgIpc) is 1.12. The summed E-state index contributed by atoms with van der Waals surface area (Å²) in [5.74, 6) is 0. The second-order valence-electron chi connectivity index (χ2n) is 0.894. The smallest absolute Gasteiger partial charge is 0.822 e. The first kappa shape index (κ1) is 23.0. The van der Waals surface area contributed by atoms with E-state index in [1.54, 1.807) is 0 Å². The molecule has 0 rings (SSSR count). The first-order chi connectivity index (χ1) is 4.00. The Bertz CT molecular complexity index is 129. The fourth-order valence-electron chi connectivity index (χ4n) is 0. The first-order valence-corrected chi connectivity index (χ1v) is 4.38. The number of hydrogen-bond acceptors (Lipinski definition) is 8. The van der Waals surface area contributed by atoms with Gasteiger partial charge >= 0.3 is 24.5 Å². The molecule has 0 aliphatic carbocycles. The van der Waals surface area contributed by atoms with Crippen LogP contribution >= 0.6 is 15.6 Å². The minimum atomic E-state index is -5.39. The van der Waals surface area contributed by atoms with Crippen LogP contribution in [0.4, 0.5) is 0 Å². The van der Waals surface area contributed by atoms with Crippen LogP contribution < -0.4 is 29.4 Å². The largest absolute Gasteiger partial charge is 4.00 e. The molecule has 0 amide bonds. The summed E-state index contributed by atoms with van der Waals surface area (Å²) >= 11 is 0. The third-order valence-electron chi connectivity index (χ3n) is 0. The quantitative estimate of drug-likeness (QED) is 0.308. The zero-order valence-electron chi connectivity index (χ0n) is 4.96. The fourth-order valence-corrected chi connectivity index (χ4v) is 0. The SMILES string of the molecule is O=P([O-])([O-])[O-].O=P([O-])([O-])[O-].[C+4].[Cu+2]. The van der Waals surface area contributed by atoms with Gasteiger partial charge in [-0.25, -0.2) is 0 Å². The monoisotopic (exact) mass is 265 g/mol. The maximum atomic E-state index is 8.55. The maximum absolute atomic E-state index is 8.55. The van der Waals surface area contributed by atoms with E-state index in [0.29, 0.717) is 0 Å². The summed E-state index contributed by atoms with van der Waals surface area (Å²) in [5.41, 5.74) is 0. The normalized spacial score (nSPS) is 9.83. The molecule has 0 unspecified atom stereocenters. The van der Waals surface area contributed by atoms with Gasteiger partial charge in [-0.2, -0.15) is 15.6 Å². The van der Waals surface area contributed by atoms with Crippen molar-refractivity contribution in [1.82, 2.24) is 0 Å². The average molecular weight is 265 g/mol. The van der Waals surface area contributed by atoms with Crippen molar-refractivity contribution in [2.45, 2.75) is 0 Å². The van der Waals surface area contributed by atoms with E-state index in [0.717, 1.165) is 0 Å². The summed E-state index contributed by atoms with van der Waals surface area (Å²) < 4.78 is 17.1. The van der Waals surface area contributed by atoms with Crippen LogP contribution in [-0.2, 0) is 26.2 Å². The molecule has 0 saturated heterocycles. The molecule has 11 heteroatoms. The van der Waals surface area contributed by atoms with Crippen molar-refractivity contribution in [3.63, 3.8) is 0 Å². The van der Waals surface area contributed by atoms with Crippen LogP contribution in [0.2, 0.25) is 0 Å². The van der Waals surface area contributed by atoms with E-state index < -0.39 is 15.6 Å². The Hall–Kier alpha value is 0.739. The Morgan fingerprint density at radius 3 is 0.667 bits per heavy atom. The molecule has 0 atom stereocenters. The molecule has 0 N–H and O–H groups in total. The Morgan fingerprint density at radius 1 is 0.667 bits per heavy atom. The summed E-state index contributed by atoms with van der Waals surface area (Å²) in [6.07, 6.45) is 0.